The average Bonchev–Trinajstić information content (AvgIpc) is 2.87. The Hall–Kier alpha value is -1.33. The van der Waals surface area contributed by atoms with Crippen molar-refractivity contribution in [1.29, 1.82) is 0 Å². The highest BCUT2D eigenvalue weighted by atomic mass is 16.5. The van der Waals surface area contributed by atoms with Gasteiger partial charge in [-0.3, -0.25) is 9.69 Å². The highest BCUT2D eigenvalue weighted by molar-refractivity contribution is 5.17. The van der Waals surface area contributed by atoms with Gasteiger partial charge < -0.3 is 15.0 Å². The SMILES string of the molecule is NCCn1cccc(OCCN2CCCC2)c1=O. The number of nitrogens with zero attached hydrogens (tertiary/aromatic N) is 2. The van der Waals surface area contributed by atoms with Crippen LogP contribution in [0, 0.1) is 0 Å². The lowest BCUT2D eigenvalue weighted by Crippen LogP contribution is -2.28. The maximum atomic E-state index is 12.0. The molecule has 0 atom stereocenters. The van der Waals surface area contributed by atoms with Crippen LogP contribution < -0.4 is 16.0 Å². The zero-order valence-corrected chi connectivity index (χ0v) is 10.7. The molecule has 1 aromatic heterocycles. The molecule has 0 aliphatic carbocycles. The Labute approximate surface area is 107 Å². The van der Waals surface area contributed by atoms with Crippen molar-refractivity contribution in [1.82, 2.24) is 9.47 Å². The minimum atomic E-state index is -0.0932. The van der Waals surface area contributed by atoms with Gasteiger partial charge in [0.15, 0.2) is 5.75 Å². The van der Waals surface area contributed by atoms with Gasteiger partial charge in [0, 0.05) is 25.8 Å². The summed E-state index contributed by atoms with van der Waals surface area (Å²) in [7, 11) is 0. The molecule has 1 aliphatic heterocycles. The Balaban J connectivity index is 1.88. The third-order valence-corrected chi connectivity index (χ3v) is 3.22. The molecule has 18 heavy (non-hydrogen) atoms. The normalized spacial score (nSPS) is 16.1. The molecule has 2 heterocycles. The lowest BCUT2D eigenvalue weighted by Gasteiger charge is -2.15. The summed E-state index contributed by atoms with van der Waals surface area (Å²) in [5, 5.41) is 0. The highest BCUT2D eigenvalue weighted by Crippen LogP contribution is 2.07. The van der Waals surface area contributed by atoms with Crippen LogP contribution in [0.4, 0.5) is 0 Å². The van der Waals surface area contributed by atoms with E-state index < -0.39 is 0 Å². The predicted octanol–water partition coefficient (Wildman–Crippen LogP) is 0.282. The van der Waals surface area contributed by atoms with E-state index >= 15 is 0 Å². The van der Waals surface area contributed by atoms with Crippen LogP contribution in [0.2, 0.25) is 0 Å². The number of aromatic nitrogens is 1. The largest absolute Gasteiger partial charge is 0.487 e. The molecule has 0 unspecified atom stereocenters. The fourth-order valence-electron chi connectivity index (χ4n) is 2.23. The number of ether oxygens (including phenoxy) is 1. The van der Waals surface area contributed by atoms with Crippen LogP contribution in [0.15, 0.2) is 23.1 Å². The molecule has 0 spiro atoms. The lowest BCUT2D eigenvalue weighted by atomic mass is 10.4. The number of rotatable bonds is 6. The van der Waals surface area contributed by atoms with Gasteiger partial charge in [0.05, 0.1) is 0 Å². The van der Waals surface area contributed by atoms with E-state index in [9.17, 15) is 4.79 Å². The maximum absolute atomic E-state index is 12.0. The highest BCUT2D eigenvalue weighted by Gasteiger charge is 2.11. The quantitative estimate of drug-likeness (QED) is 0.789. The average molecular weight is 251 g/mol. The van der Waals surface area contributed by atoms with Crippen molar-refractivity contribution in [2.75, 3.05) is 32.8 Å². The maximum Gasteiger partial charge on any atom is 0.292 e. The van der Waals surface area contributed by atoms with Gasteiger partial charge >= 0.3 is 0 Å². The van der Waals surface area contributed by atoms with E-state index in [-0.39, 0.29) is 5.56 Å². The van der Waals surface area contributed by atoms with E-state index in [1.807, 2.05) is 6.07 Å². The summed E-state index contributed by atoms with van der Waals surface area (Å²) in [6.07, 6.45) is 4.28. The summed E-state index contributed by atoms with van der Waals surface area (Å²) in [5.74, 6) is 0.421. The molecule has 1 aromatic rings. The molecule has 5 heteroatoms. The summed E-state index contributed by atoms with van der Waals surface area (Å²) in [6.45, 7) is 4.75. The van der Waals surface area contributed by atoms with Crippen molar-refractivity contribution in [3.63, 3.8) is 0 Å². The first-order valence-electron chi connectivity index (χ1n) is 6.56. The summed E-state index contributed by atoms with van der Waals surface area (Å²) in [5.41, 5.74) is 5.36. The van der Waals surface area contributed by atoms with E-state index in [0.717, 1.165) is 19.6 Å². The minimum absolute atomic E-state index is 0.0932. The first-order chi connectivity index (χ1) is 8.81. The molecule has 1 fully saturated rings. The second kappa shape index (κ2) is 6.56. The molecule has 100 valence electrons. The molecule has 0 bridgehead atoms. The number of likely N-dealkylation sites (tertiary alicyclic amines) is 1. The third-order valence-electron chi connectivity index (χ3n) is 3.22. The van der Waals surface area contributed by atoms with Crippen LogP contribution in [-0.2, 0) is 6.54 Å². The van der Waals surface area contributed by atoms with Gasteiger partial charge in [0.25, 0.3) is 5.56 Å². The molecule has 0 amide bonds. The summed E-state index contributed by atoms with van der Waals surface area (Å²) >= 11 is 0. The number of nitrogens with two attached hydrogens (primary N) is 1. The fourth-order valence-corrected chi connectivity index (χ4v) is 2.23. The monoisotopic (exact) mass is 251 g/mol. The zero-order chi connectivity index (χ0) is 12.8. The Morgan fingerprint density at radius 1 is 1.28 bits per heavy atom. The standard InChI is InChI=1S/C13H21N3O2/c14-5-9-16-8-3-4-12(13(16)17)18-11-10-15-6-1-2-7-15/h3-4,8H,1-2,5-7,9-11,14H2. The summed E-state index contributed by atoms with van der Waals surface area (Å²) in [4.78, 5) is 14.3. The molecule has 2 N–H and O–H groups in total. The van der Waals surface area contributed by atoms with Crippen LogP contribution in [0.1, 0.15) is 12.8 Å². The Kier molecular flexibility index (Phi) is 4.78. The molecule has 1 saturated heterocycles. The summed E-state index contributed by atoms with van der Waals surface area (Å²) in [6, 6.07) is 3.54. The minimum Gasteiger partial charge on any atom is -0.487 e. The van der Waals surface area contributed by atoms with Crippen molar-refractivity contribution in [3.8, 4) is 5.75 Å². The molecule has 0 radical (unpaired) electrons. The van der Waals surface area contributed by atoms with Crippen molar-refractivity contribution < 1.29 is 4.74 Å². The Morgan fingerprint density at radius 3 is 2.78 bits per heavy atom. The van der Waals surface area contributed by atoms with Gasteiger partial charge in [-0.25, -0.2) is 0 Å². The number of hydrogen-bond acceptors (Lipinski definition) is 4. The van der Waals surface area contributed by atoms with E-state index in [2.05, 4.69) is 4.90 Å². The van der Waals surface area contributed by atoms with Crippen LogP contribution in [0.5, 0.6) is 5.75 Å². The van der Waals surface area contributed by atoms with Crippen LogP contribution in [0.25, 0.3) is 0 Å². The zero-order valence-electron chi connectivity index (χ0n) is 10.7. The van der Waals surface area contributed by atoms with Gasteiger partial charge in [0.1, 0.15) is 6.61 Å². The van der Waals surface area contributed by atoms with E-state index in [1.54, 1.807) is 16.8 Å². The predicted molar refractivity (Wildman–Crippen MR) is 70.9 cm³/mol. The third kappa shape index (κ3) is 3.34. The molecule has 0 saturated carbocycles. The van der Waals surface area contributed by atoms with Crippen LogP contribution in [-0.4, -0.2) is 42.3 Å². The van der Waals surface area contributed by atoms with Gasteiger partial charge in [-0.15, -0.1) is 0 Å². The van der Waals surface area contributed by atoms with Gasteiger partial charge in [-0.1, -0.05) is 0 Å². The van der Waals surface area contributed by atoms with Crippen LogP contribution in [0.3, 0.4) is 0 Å². The number of pyridine rings is 1. The van der Waals surface area contributed by atoms with E-state index in [0.29, 0.717) is 25.4 Å². The molecular formula is C13H21N3O2. The van der Waals surface area contributed by atoms with Gasteiger partial charge in [0.2, 0.25) is 0 Å². The van der Waals surface area contributed by atoms with Crippen molar-refractivity contribution >= 4 is 0 Å². The Bertz CT molecular complexity index is 424. The Morgan fingerprint density at radius 2 is 2.06 bits per heavy atom. The first-order valence-corrected chi connectivity index (χ1v) is 6.56. The second-order valence-corrected chi connectivity index (χ2v) is 4.56. The molecule has 0 aromatic carbocycles. The van der Waals surface area contributed by atoms with Crippen molar-refractivity contribution in [3.05, 3.63) is 28.7 Å². The molecule has 2 rings (SSSR count). The molecule has 1 aliphatic rings. The second-order valence-electron chi connectivity index (χ2n) is 4.56. The molecular weight excluding hydrogens is 230 g/mol. The topological polar surface area (TPSA) is 60.5 Å². The van der Waals surface area contributed by atoms with Gasteiger partial charge in [-0.2, -0.15) is 0 Å². The smallest absolute Gasteiger partial charge is 0.292 e. The summed E-state index contributed by atoms with van der Waals surface area (Å²) < 4.78 is 7.16. The number of hydrogen-bond donors (Lipinski definition) is 1. The fraction of sp³-hybridized carbons (Fsp3) is 0.615. The van der Waals surface area contributed by atoms with Crippen LogP contribution >= 0.6 is 0 Å². The van der Waals surface area contributed by atoms with E-state index in [1.165, 1.54) is 12.8 Å². The van der Waals surface area contributed by atoms with Crippen molar-refractivity contribution in [2.24, 2.45) is 5.73 Å². The van der Waals surface area contributed by atoms with E-state index in [4.69, 9.17) is 10.5 Å². The molecule has 5 nitrogen and oxygen atoms in total. The lowest BCUT2D eigenvalue weighted by molar-refractivity contribution is 0.234. The first kappa shape index (κ1) is 13.1. The van der Waals surface area contributed by atoms with Crippen molar-refractivity contribution in [2.45, 2.75) is 19.4 Å². The van der Waals surface area contributed by atoms with Gasteiger partial charge in [-0.05, 0) is 38.1 Å².